The first kappa shape index (κ1) is 11.5. The number of benzene rings is 1. The molecule has 1 aromatic carbocycles. The lowest BCUT2D eigenvalue weighted by molar-refractivity contribution is 0.0692. The van der Waals surface area contributed by atoms with Crippen LogP contribution in [0, 0.1) is 5.82 Å². The summed E-state index contributed by atoms with van der Waals surface area (Å²) in [7, 11) is 0. The van der Waals surface area contributed by atoms with Gasteiger partial charge in [-0.05, 0) is 24.6 Å². The highest BCUT2D eigenvalue weighted by Gasteiger charge is 2.10. The van der Waals surface area contributed by atoms with E-state index in [0.29, 0.717) is 5.69 Å². The van der Waals surface area contributed by atoms with Crippen LogP contribution in [0.1, 0.15) is 30.1 Å². The molecule has 0 aliphatic rings. The minimum atomic E-state index is -1.24. The number of carbonyl (C=O) groups is 1. The first-order valence-electron chi connectivity index (χ1n) is 4.92. The maximum Gasteiger partial charge on any atom is 0.338 e. The number of carboxylic acids is 1. The normalized spacial score (nSPS) is 10.0. The van der Waals surface area contributed by atoms with Crippen LogP contribution >= 0.6 is 0 Å². The van der Waals surface area contributed by atoms with Crippen molar-refractivity contribution in [2.45, 2.75) is 19.8 Å². The highest BCUT2D eigenvalue weighted by atomic mass is 19.1. The van der Waals surface area contributed by atoms with E-state index in [1.807, 2.05) is 0 Å². The van der Waals surface area contributed by atoms with E-state index in [2.05, 4.69) is 12.2 Å². The first-order chi connectivity index (χ1) is 7.15. The fourth-order valence-corrected chi connectivity index (χ4v) is 1.21. The Kier molecular flexibility index (Phi) is 4.09. The molecule has 4 heteroatoms. The number of aromatic carboxylic acids is 1. The molecule has 2 N–H and O–H groups in total. The number of anilines is 1. The summed E-state index contributed by atoms with van der Waals surface area (Å²) < 4.78 is 13.0. The van der Waals surface area contributed by atoms with Crippen molar-refractivity contribution in [3.63, 3.8) is 0 Å². The molecule has 82 valence electrons. The van der Waals surface area contributed by atoms with Gasteiger partial charge in [-0.2, -0.15) is 0 Å². The van der Waals surface area contributed by atoms with Gasteiger partial charge in [-0.15, -0.1) is 0 Å². The molecule has 1 rings (SSSR count). The molecule has 0 atom stereocenters. The number of halogens is 1. The third kappa shape index (κ3) is 3.23. The Bertz CT molecular complexity index is 352. The monoisotopic (exact) mass is 211 g/mol. The third-order valence-corrected chi connectivity index (χ3v) is 2.06. The molecule has 0 heterocycles. The maximum absolute atomic E-state index is 13.0. The SMILES string of the molecule is CCCCNc1ccc(F)c(C(=O)O)c1. The van der Waals surface area contributed by atoms with E-state index < -0.39 is 11.8 Å². The van der Waals surface area contributed by atoms with E-state index in [4.69, 9.17) is 5.11 Å². The number of nitrogens with one attached hydrogen (secondary N) is 1. The predicted molar refractivity (Wildman–Crippen MR) is 56.8 cm³/mol. The Morgan fingerprint density at radius 2 is 2.27 bits per heavy atom. The van der Waals surface area contributed by atoms with Crippen LogP contribution in [-0.2, 0) is 0 Å². The van der Waals surface area contributed by atoms with Crippen molar-refractivity contribution in [3.05, 3.63) is 29.6 Å². The summed E-state index contributed by atoms with van der Waals surface area (Å²) in [6.07, 6.45) is 2.06. The largest absolute Gasteiger partial charge is 0.478 e. The van der Waals surface area contributed by atoms with Gasteiger partial charge in [-0.3, -0.25) is 0 Å². The molecule has 0 spiro atoms. The van der Waals surface area contributed by atoms with Gasteiger partial charge in [-0.1, -0.05) is 13.3 Å². The Labute approximate surface area is 87.9 Å². The topological polar surface area (TPSA) is 49.3 Å². The highest BCUT2D eigenvalue weighted by molar-refractivity contribution is 5.89. The zero-order valence-electron chi connectivity index (χ0n) is 8.59. The van der Waals surface area contributed by atoms with Crippen LogP contribution in [0.25, 0.3) is 0 Å². The zero-order valence-corrected chi connectivity index (χ0v) is 8.59. The lowest BCUT2D eigenvalue weighted by Gasteiger charge is -2.06. The molecule has 0 saturated carbocycles. The molecule has 15 heavy (non-hydrogen) atoms. The maximum atomic E-state index is 13.0. The van der Waals surface area contributed by atoms with Gasteiger partial charge in [0.05, 0.1) is 5.56 Å². The molecule has 0 aliphatic heterocycles. The zero-order chi connectivity index (χ0) is 11.3. The molecule has 0 radical (unpaired) electrons. The van der Waals surface area contributed by atoms with Crippen molar-refractivity contribution in [2.75, 3.05) is 11.9 Å². The lowest BCUT2D eigenvalue weighted by atomic mass is 10.2. The second-order valence-electron chi connectivity index (χ2n) is 3.28. The van der Waals surface area contributed by atoms with Crippen LogP contribution in [-0.4, -0.2) is 17.6 Å². The molecule has 3 nitrogen and oxygen atoms in total. The number of hydrogen-bond acceptors (Lipinski definition) is 2. The second-order valence-corrected chi connectivity index (χ2v) is 3.28. The van der Waals surface area contributed by atoms with Gasteiger partial charge in [0.1, 0.15) is 5.82 Å². The van der Waals surface area contributed by atoms with Gasteiger partial charge < -0.3 is 10.4 Å². The summed E-state index contributed by atoms with van der Waals surface area (Å²) in [5, 5.41) is 11.7. The molecule has 0 fully saturated rings. The summed E-state index contributed by atoms with van der Waals surface area (Å²) in [6, 6.07) is 4.02. The van der Waals surface area contributed by atoms with Crippen molar-refractivity contribution in [3.8, 4) is 0 Å². The Balaban J connectivity index is 2.74. The van der Waals surface area contributed by atoms with Crippen LogP contribution in [0.15, 0.2) is 18.2 Å². The van der Waals surface area contributed by atoms with Crippen LogP contribution < -0.4 is 5.32 Å². The average molecular weight is 211 g/mol. The van der Waals surface area contributed by atoms with E-state index in [9.17, 15) is 9.18 Å². The predicted octanol–water partition coefficient (Wildman–Crippen LogP) is 2.74. The molecular weight excluding hydrogens is 197 g/mol. The molecule has 0 unspecified atom stereocenters. The number of rotatable bonds is 5. The minimum absolute atomic E-state index is 0.295. The smallest absolute Gasteiger partial charge is 0.338 e. The van der Waals surface area contributed by atoms with Crippen molar-refractivity contribution in [2.24, 2.45) is 0 Å². The van der Waals surface area contributed by atoms with Gasteiger partial charge >= 0.3 is 5.97 Å². The fourth-order valence-electron chi connectivity index (χ4n) is 1.21. The third-order valence-electron chi connectivity index (χ3n) is 2.06. The van der Waals surface area contributed by atoms with Crippen molar-refractivity contribution in [1.82, 2.24) is 0 Å². The molecule has 0 amide bonds. The van der Waals surface area contributed by atoms with E-state index in [-0.39, 0.29) is 5.56 Å². The van der Waals surface area contributed by atoms with Gasteiger partial charge in [0, 0.05) is 12.2 Å². The number of unbranched alkanes of at least 4 members (excludes halogenated alkanes) is 1. The minimum Gasteiger partial charge on any atom is -0.478 e. The van der Waals surface area contributed by atoms with Gasteiger partial charge in [0.25, 0.3) is 0 Å². The fraction of sp³-hybridized carbons (Fsp3) is 0.364. The summed E-state index contributed by atoms with van der Waals surface area (Å²) in [5.41, 5.74) is 0.346. The van der Waals surface area contributed by atoms with E-state index in [0.717, 1.165) is 25.5 Å². The average Bonchev–Trinajstić information content (AvgIpc) is 2.20. The Hall–Kier alpha value is -1.58. The van der Waals surface area contributed by atoms with Gasteiger partial charge in [0.2, 0.25) is 0 Å². The molecule has 0 saturated heterocycles. The summed E-state index contributed by atoms with van der Waals surface area (Å²) in [4.78, 5) is 10.6. The van der Waals surface area contributed by atoms with Crippen molar-refractivity contribution in [1.29, 1.82) is 0 Å². The first-order valence-corrected chi connectivity index (χ1v) is 4.92. The Morgan fingerprint density at radius 1 is 1.53 bits per heavy atom. The van der Waals surface area contributed by atoms with Gasteiger partial charge in [0.15, 0.2) is 0 Å². The standard InChI is InChI=1S/C11H14FNO2/c1-2-3-6-13-8-4-5-10(12)9(7-8)11(14)15/h4-5,7,13H,2-3,6H2,1H3,(H,14,15). The van der Waals surface area contributed by atoms with E-state index >= 15 is 0 Å². The van der Waals surface area contributed by atoms with Crippen LogP contribution in [0.4, 0.5) is 10.1 Å². The van der Waals surface area contributed by atoms with Crippen LogP contribution in [0.2, 0.25) is 0 Å². The molecule has 0 bridgehead atoms. The van der Waals surface area contributed by atoms with E-state index in [1.165, 1.54) is 12.1 Å². The number of carboxylic acid groups (broad SMARTS) is 1. The number of hydrogen-bond donors (Lipinski definition) is 2. The molecular formula is C11H14FNO2. The second kappa shape index (κ2) is 5.34. The Morgan fingerprint density at radius 3 is 2.87 bits per heavy atom. The van der Waals surface area contributed by atoms with E-state index in [1.54, 1.807) is 0 Å². The van der Waals surface area contributed by atoms with Crippen molar-refractivity contribution >= 4 is 11.7 Å². The van der Waals surface area contributed by atoms with Crippen LogP contribution in [0.5, 0.6) is 0 Å². The quantitative estimate of drug-likeness (QED) is 0.736. The van der Waals surface area contributed by atoms with Crippen molar-refractivity contribution < 1.29 is 14.3 Å². The summed E-state index contributed by atoms with van der Waals surface area (Å²) in [5.74, 6) is -1.95. The summed E-state index contributed by atoms with van der Waals surface area (Å²) in [6.45, 7) is 2.83. The molecule has 0 aliphatic carbocycles. The highest BCUT2D eigenvalue weighted by Crippen LogP contribution is 2.14. The van der Waals surface area contributed by atoms with Gasteiger partial charge in [-0.25, -0.2) is 9.18 Å². The molecule has 1 aromatic rings. The summed E-state index contributed by atoms with van der Waals surface area (Å²) >= 11 is 0. The van der Waals surface area contributed by atoms with Crippen LogP contribution in [0.3, 0.4) is 0 Å². The lowest BCUT2D eigenvalue weighted by Crippen LogP contribution is -2.05. The molecule has 0 aromatic heterocycles.